The van der Waals surface area contributed by atoms with Crippen LogP contribution in [0, 0.1) is 5.92 Å². The van der Waals surface area contributed by atoms with Crippen LogP contribution in [0.5, 0.6) is 0 Å². The summed E-state index contributed by atoms with van der Waals surface area (Å²) in [6.45, 7) is 9.08. The molecule has 19 heavy (non-hydrogen) atoms. The lowest BCUT2D eigenvalue weighted by Gasteiger charge is -2.43. The van der Waals surface area contributed by atoms with Crippen LogP contribution in [0.15, 0.2) is 0 Å². The molecule has 2 rings (SSSR count). The smallest absolute Gasteiger partial charge is 0.0899 e. The Morgan fingerprint density at radius 3 is 2.53 bits per heavy atom. The van der Waals surface area contributed by atoms with Gasteiger partial charge >= 0.3 is 0 Å². The summed E-state index contributed by atoms with van der Waals surface area (Å²) in [6, 6.07) is 1.09. The molecule has 0 amide bonds. The molecule has 1 saturated carbocycles. The van der Waals surface area contributed by atoms with Gasteiger partial charge in [0, 0.05) is 32.2 Å². The fraction of sp³-hybridized carbons (Fsp3) is 0.933. The standard InChI is InChI=1S/C15H29N3S/c1-3-13-5-4-6-14(11-13)18-9-7-17(8-10-18)12(2)15(16)19/h12-14H,3-11H2,1-2H3,(H2,16,19). The van der Waals surface area contributed by atoms with E-state index in [1.807, 2.05) is 0 Å². The molecule has 2 aliphatic rings. The van der Waals surface area contributed by atoms with E-state index in [2.05, 4.69) is 23.6 Å². The van der Waals surface area contributed by atoms with E-state index in [9.17, 15) is 0 Å². The molecule has 0 bridgehead atoms. The van der Waals surface area contributed by atoms with Gasteiger partial charge in [-0.1, -0.05) is 38.4 Å². The molecular formula is C15H29N3S. The van der Waals surface area contributed by atoms with Crippen LogP contribution < -0.4 is 5.73 Å². The molecule has 0 aromatic carbocycles. The van der Waals surface area contributed by atoms with Crippen LogP contribution >= 0.6 is 12.2 Å². The molecule has 3 nitrogen and oxygen atoms in total. The SMILES string of the molecule is CCC1CCCC(N2CCN(C(C)C(N)=S)CC2)C1. The quantitative estimate of drug-likeness (QED) is 0.802. The maximum Gasteiger partial charge on any atom is 0.0899 e. The Kier molecular flexibility index (Phi) is 5.60. The van der Waals surface area contributed by atoms with Crippen molar-refractivity contribution in [2.45, 2.75) is 58.0 Å². The van der Waals surface area contributed by atoms with E-state index < -0.39 is 0 Å². The Labute approximate surface area is 123 Å². The summed E-state index contributed by atoms with van der Waals surface area (Å²) in [5, 5.41) is 0. The van der Waals surface area contributed by atoms with Crippen molar-refractivity contribution in [3.05, 3.63) is 0 Å². The van der Waals surface area contributed by atoms with Gasteiger partial charge in [0.05, 0.1) is 11.0 Å². The summed E-state index contributed by atoms with van der Waals surface area (Å²) >= 11 is 5.11. The van der Waals surface area contributed by atoms with Crippen LogP contribution in [-0.2, 0) is 0 Å². The first-order chi connectivity index (χ1) is 9.11. The molecular weight excluding hydrogens is 254 g/mol. The molecule has 2 N–H and O–H groups in total. The molecule has 1 aliphatic heterocycles. The van der Waals surface area contributed by atoms with Crippen LogP contribution in [0.4, 0.5) is 0 Å². The zero-order chi connectivity index (χ0) is 13.8. The predicted molar refractivity (Wildman–Crippen MR) is 85.4 cm³/mol. The van der Waals surface area contributed by atoms with Gasteiger partial charge in [0.25, 0.3) is 0 Å². The van der Waals surface area contributed by atoms with Crippen LogP contribution in [0.25, 0.3) is 0 Å². The van der Waals surface area contributed by atoms with Gasteiger partial charge in [-0.25, -0.2) is 0 Å². The fourth-order valence-corrected chi connectivity index (χ4v) is 3.78. The molecule has 1 aliphatic carbocycles. The zero-order valence-electron chi connectivity index (χ0n) is 12.5. The number of hydrogen-bond donors (Lipinski definition) is 1. The summed E-state index contributed by atoms with van der Waals surface area (Å²) in [7, 11) is 0. The van der Waals surface area contributed by atoms with Crippen LogP contribution in [0.1, 0.15) is 46.0 Å². The van der Waals surface area contributed by atoms with Gasteiger partial charge in [-0.3, -0.25) is 9.80 Å². The second-order valence-corrected chi connectivity index (χ2v) is 6.72. The molecule has 0 spiro atoms. The van der Waals surface area contributed by atoms with Crippen molar-refractivity contribution in [1.82, 2.24) is 9.80 Å². The van der Waals surface area contributed by atoms with Gasteiger partial charge in [0.1, 0.15) is 0 Å². The first kappa shape index (κ1) is 15.2. The lowest BCUT2D eigenvalue weighted by atomic mass is 9.83. The van der Waals surface area contributed by atoms with Gasteiger partial charge < -0.3 is 5.73 Å². The normalized spacial score (nSPS) is 32.1. The number of thiocarbonyl (C=S) groups is 1. The van der Waals surface area contributed by atoms with Crippen LogP contribution in [-0.4, -0.2) is 53.1 Å². The number of nitrogens with zero attached hydrogens (tertiary/aromatic N) is 2. The predicted octanol–water partition coefficient (Wildman–Crippen LogP) is 2.25. The number of piperazine rings is 1. The minimum Gasteiger partial charge on any atom is -0.392 e. The second-order valence-electron chi connectivity index (χ2n) is 6.24. The summed E-state index contributed by atoms with van der Waals surface area (Å²) in [6.07, 6.45) is 7.05. The first-order valence-electron chi connectivity index (χ1n) is 7.89. The molecule has 110 valence electrons. The molecule has 1 saturated heterocycles. The number of nitrogens with two attached hydrogens (primary N) is 1. The van der Waals surface area contributed by atoms with Crippen molar-refractivity contribution >= 4 is 17.2 Å². The zero-order valence-corrected chi connectivity index (χ0v) is 13.3. The average molecular weight is 283 g/mol. The Bertz CT molecular complexity index is 300. The maximum absolute atomic E-state index is 5.76. The van der Waals surface area contributed by atoms with E-state index in [4.69, 9.17) is 18.0 Å². The minimum absolute atomic E-state index is 0.256. The summed E-state index contributed by atoms with van der Waals surface area (Å²) in [5.74, 6) is 0.965. The average Bonchev–Trinajstić information content (AvgIpc) is 2.46. The highest BCUT2D eigenvalue weighted by Crippen LogP contribution is 2.30. The highest BCUT2D eigenvalue weighted by Gasteiger charge is 2.29. The molecule has 4 heteroatoms. The van der Waals surface area contributed by atoms with Gasteiger partial charge in [-0.2, -0.15) is 0 Å². The van der Waals surface area contributed by atoms with E-state index in [1.54, 1.807) is 0 Å². The molecule has 2 fully saturated rings. The van der Waals surface area contributed by atoms with Crippen molar-refractivity contribution in [2.75, 3.05) is 26.2 Å². The molecule has 0 aromatic heterocycles. The third kappa shape index (κ3) is 3.89. The summed E-state index contributed by atoms with van der Waals surface area (Å²) < 4.78 is 0. The maximum atomic E-state index is 5.76. The van der Waals surface area contributed by atoms with E-state index in [0.717, 1.165) is 25.0 Å². The van der Waals surface area contributed by atoms with Crippen molar-refractivity contribution in [3.63, 3.8) is 0 Å². The Balaban J connectivity index is 1.81. The first-order valence-corrected chi connectivity index (χ1v) is 8.30. The molecule has 3 atom stereocenters. The monoisotopic (exact) mass is 283 g/mol. The van der Waals surface area contributed by atoms with Crippen LogP contribution in [0.2, 0.25) is 0 Å². The topological polar surface area (TPSA) is 32.5 Å². The molecule has 0 aromatic rings. The number of hydrogen-bond acceptors (Lipinski definition) is 3. The minimum atomic E-state index is 0.256. The molecule has 3 unspecified atom stereocenters. The Morgan fingerprint density at radius 2 is 1.95 bits per heavy atom. The van der Waals surface area contributed by atoms with Gasteiger partial charge in [0.15, 0.2) is 0 Å². The fourth-order valence-electron chi connectivity index (χ4n) is 3.63. The van der Waals surface area contributed by atoms with Gasteiger partial charge in [-0.05, 0) is 25.7 Å². The van der Waals surface area contributed by atoms with Crippen molar-refractivity contribution in [3.8, 4) is 0 Å². The van der Waals surface area contributed by atoms with Gasteiger partial charge in [0.2, 0.25) is 0 Å². The van der Waals surface area contributed by atoms with Crippen molar-refractivity contribution < 1.29 is 0 Å². The highest BCUT2D eigenvalue weighted by molar-refractivity contribution is 7.80. The summed E-state index contributed by atoms with van der Waals surface area (Å²) in [4.78, 5) is 5.78. The van der Waals surface area contributed by atoms with E-state index in [-0.39, 0.29) is 6.04 Å². The molecule has 1 heterocycles. The third-order valence-electron chi connectivity index (χ3n) is 5.16. The molecule has 0 radical (unpaired) electrons. The van der Waals surface area contributed by atoms with Gasteiger partial charge in [-0.15, -0.1) is 0 Å². The summed E-state index contributed by atoms with van der Waals surface area (Å²) in [5.41, 5.74) is 5.76. The Hall–Kier alpha value is -0.190. The van der Waals surface area contributed by atoms with Crippen molar-refractivity contribution in [1.29, 1.82) is 0 Å². The third-order valence-corrected chi connectivity index (χ3v) is 5.50. The van der Waals surface area contributed by atoms with E-state index in [1.165, 1.54) is 45.2 Å². The largest absolute Gasteiger partial charge is 0.392 e. The lowest BCUT2D eigenvalue weighted by Crippen LogP contribution is -2.55. The second kappa shape index (κ2) is 7.00. The number of rotatable bonds is 4. The lowest BCUT2D eigenvalue weighted by molar-refractivity contribution is 0.0612. The van der Waals surface area contributed by atoms with Crippen LogP contribution in [0.3, 0.4) is 0 Å². The highest BCUT2D eigenvalue weighted by atomic mass is 32.1. The van der Waals surface area contributed by atoms with E-state index in [0.29, 0.717) is 4.99 Å². The Morgan fingerprint density at radius 1 is 1.26 bits per heavy atom. The van der Waals surface area contributed by atoms with Crippen molar-refractivity contribution in [2.24, 2.45) is 11.7 Å². The van der Waals surface area contributed by atoms with E-state index >= 15 is 0 Å².